The van der Waals surface area contributed by atoms with E-state index < -0.39 is 14.9 Å². The molecule has 2 rings (SSSR count). The second-order valence-electron chi connectivity index (χ2n) is 7.71. The van der Waals surface area contributed by atoms with Crippen molar-refractivity contribution >= 4 is 27.3 Å². The number of likely N-dealkylation sites (N-methyl/N-ethyl adjacent to an activating group) is 2. The molecule has 33 heavy (non-hydrogen) atoms. The van der Waals surface area contributed by atoms with E-state index in [1.807, 2.05) is 19.0 Å². The molecule has 2 aromatic carbocycles. The zero-order valence-electron chi connectivity index (χ0n) is 19.1. The van der Waals surface area contributed by atoms with Gasteiger partial charge in [-0.05, 0) is 43.9 Å². The molecule has 0 aliphatic carbocycles. The fourth-order valence-electron chi connectivity index (χ4n) is 2.68. The molecule has 0 unspecified atom stereocenters. The van der Waals surface area contributed by atoms with Gasteiger partial charge in [-0.2, -0.15) is 0 Å². The lowest BCUT2D eigenvalue weighted by Gasteiger charge is -2.13. The number of carbonyl (C=O) groups excluding carboxylic acids is 1. The molecule has 0 radical (unpaired) electrons. The van der Waals surface area contributed by atoms with Crippen molar-refractivity contribution in [3.05, 3.63) is 58.1 Å². The van der Waals surface area contributed by atoms with E-state index in [-0.39, 0.29) is 41.9 Å². The monoisotopic (exact) mass is 479 g/mol. The minimum atomic E-state index is -3.88. The fraction of sp³-hybridized carbons (Fsp3) is 0.381. The van der Waals surface area contributed by atoms with Gasteiger partial charge in [0.15, 0.2) is 6.61 Å². The number of ether oxygens (including phenoxy) is 1. The number of anilines is 1. The first-order valence-corrected chi connectivity index (χ1v) is 11.6. The molecule has 1 amide bonds. The number of nitrogens with zero attached hydrogens (tertiary/aromatic N) is 3. The normalized spacial score (nSPS) is 11.3. The predicted molar refractivity (Wildman–Crippen MR) is 125 cm³/mol. The number of amides is 1. The minimum Gasteiger partial charge on any atom is -0.484 e. The number of nitrogens with one attached hydrogen (secondary N) is 2. The molecule has 0 saturated heterocycles. The zero-order valence-corrected chi connectivity index (χ0v) is 19.9. The summed E-state index contributed by atoms with van der Waals surface area (Å²) in [6, 6.07) is 10.7. The summed E-state index contributed by atoms with van der Waals surface area (Å²) in [7, 11) is 3.01. The second kappa shape index (κ2) is 11.6. The maximum atomic E-state index is 12.5. The van der Waals surface area contributed by atoms with Crippen molar-refractivity contribution in [3.8, 4) is 5.75 Å². The van der Waals surface area contributed by atoms with Gasteiger partial charge < -0.3 is 19.9 Å². The van der Waals surface area contributed by atoms with Gasteiger partial charge in [0.2, 0.25) is 10.0 Å². The molecular weight excluding hydrogens is 450 g/mol. The zero-order chi connectivity index (χ0) is 24.6. The Bertz CT molecular complexity index is 1090. The highest BCUT2D eigenvalue weighted by Gasteiger charge is 2.21. The molecule has 0 fully saturated rings. The minimum absolute atomic E-state index is 0.103. The first kappa shape index (κ1) is 26.0. The van der Waals surface area contributed by atoms with Crippen molar-refractivity contribution in [1.29, 1.82) is 0 Å². The van der Waals surface area contributed by atoms with E-state index in [1.54, 1.807) is 38.4 Å². The van der Waals surface area contributed by atoms with Gasteiger partial charge in [-0.25, -0.2) is 13.1 Å². The molecule has 0 atom stereocenters. The highest BCUT2D eigenvalue weighted by molar-refractivity contribution is 7.89. The number of carbonyl (C=O) groups is 1. The van der Waals surface area contributed by atoms with Gasteiger partial charge in [0.05, 0.1) is 9.82 Å². The maximum Gasteiger partial charge on any atom is 0.293 e. The molecule has 2 N–H and O–H groups in total. The lowest BCUT2D eigenvalue weighted by molar-refractivity contribution is -0.384. The Labute approximate surface area is 193 Å². The van der Waals surface area contributed by atoms with Gasteiger partial charge in [0.25, 0.3) is 11.6 Å². The van der Waals surface area contributed by atoms with Crippen LogP contribution in [0.3, 0.4) is 0 Å². The lowest BCUT2D eigenvalue weighted by atomic mass is 10.2. The van der Waals surface area contributed by atoms with E-state index in [4.69, 9.17) is 4.74 Å². The van der Waals surface area contributed by atoms with Gasteiger partial charge in [0, 0.05) is 39.8 Å². The summed E-state index contributed by atoms with van der Waals surface area (Å²) in [6.07, 6.45) is 0. The van der Waals surface area contributed by atoms with Crippen LogP contribution in [0.5, 0.6) is 5.75 Å². The highest BCUT2D eigenvalue weighted by Crippen LogP contribution is 2.28. The summed E-state index contributed by atoms with van der Waals surface area (Å²) in [6.45, 7) is 0.801. The van der Waals surface area contributed by atoms with Crippen molar-refractivity contribution in [2.24, 2.45) is 0 Å². The van der Waals surface area contributed by atoms with Crippen LogP contribution in [0, 0.1) is 10.1 Å². The van der Waals surface area contributed by atoms with Crippen molar-refractivity contribution in [1.82, 2.24) is 14.5 Å². The Morgan fingerprint density at radius 1 is 1.12 bits per heavy atom. The van der Waals surface area contributed by atoms with E-state index in [9.17, 15) is 23.3 Å². The van der Waals surface area contributed by atoms with Crippen molar-refractivity contribution < 1.29 is 22.9 Å². The molecule has 0 spiro atoms. The molecule has 0 aromatic heterocycles. The SMILES string of the molecule is CN(C)CCNS(=O)(=O)c1ccc(NCc2cccc(OCC(=O)N(C)C)c2)c([N+](=O)[O-])c1. The molecule has 0 aliphatic heterocycles. The Morgan fingerprint density at radius 2 is 1.85 bits per heavy atom. The molecule has 0 aliphatic rings. The molecule has 12 heteroatoms. The standard InChI is InChI=1S/C21H29N5O6S/c1-24(2)11-10-23-33(30,31)18-8-9-19(20(13-18)26(28)29)22-14-16-6-5-7-17(12-16)32-15-21(27)25(3)4/h5-9,12-13,22-23H,10-11,14-15H2,1-4H3. The van der Waals surface area contributed by atoms with E-state index in [0.717, 1.165) is 11.6 Å². The van der Waals surface area contributed by atoms with Crippen LogP contribution in [0.25, 0.3) is 0 Å². The molecule has 0 saturated carbocycles. The van der Waals surface area contributed by atoms with Crippen molar-refractivity contribution in [2.45, 2.75) is 11.4 Å². The van der Waals surface area contributed by atoms with Crippen LogP contribution in [-0.2, 0) is 21.4 Å². The van der Waals surface area contributed by atoms with Gasteiger partial charge in [-0.3, -0.25) is 14.9 Å². The Kier molecular flexibility index (Phi) is 9.14. The summed E-state index contributed by atoms with van der Waals surface area (Å²) in [5, 5.41) is 14.5. The van der Waals surface area contributed by atoms with Crippen LogP contribution in [-0.4, -0.2) is 76.9 Å². The maximum absolute atomic E-state index is 12.5. The Hall–Kier alpha value is -3.22. The van der Waals surface area contributed by atoms with Crippen LogP contribution in [0.4, 0.5) is 11.4 Å². The molecule has 180 valence electrons. The number of hydrogen-bond donors (Lipinski definition) is 2. The quantitative estimate of drug-likeness (QED) is 0.346. The van der Waals surface area contributed by atoms with Crippen LogP contribution >= 0.6 is 0 Å². The topological polar surface area (TPSA) is 134 Å². The third kappa shape index (κ3) is 8.00. The van der Waals surface area contributed by atoms with E-state index in [2.05, 4.69) is 10.0 Å². The number of nitro groups is 1. The fourth-order valence-corrected chi connectivity index (χ4v) is 3.72. The van der Waals surface area contributed by atoms with E-state index in [1.165, 1.54) is 17.0 Å². The number of rotatable bonds is 12. The van der Waals surface area contributed by atoms with Crippen LogP contribution in [0.2, 0.25) is 0 Å². The van der Waals surface area contributed by atoms with Crippen LogP contribution < -0.4 is 14.8 Å². The number of hydrogen-bond acceptors (Lipinski definition) is 8. The average Bonchev–Trinajstić information content (AvgIpc) is 2.75. The lowest BCUT2D eigenvalue weighted by Crippen LogP contribution is -2.31. The third-order valence-electron chi connectivity index (χ3n) is 4.57. The molecule has 2 aromatic rings. The second-order valence-corrected chi connectivity index (χ2v) is 9.48. The van der Waals surface area contributed by atoms with Gasteiger partial charge in [-0.15, -0.1) is 0 Å². The number of sulfonamides is 1. The average molecular weight is 480 g/mol. The summed E-state index contributed by atoms with van der Waals surface area (Å²) >= 11 is 0. The van der Waals surface area contributed by atoms with Gasteiger partial charge in [-0.1, -0.05) is 12.1 Å². The van der Waals surface area contributed by atoms with Crippen LogP contribution in [0.1, 0.15) is 5.56 Å². The van der Waals surface area contributed by atoms with Crippen LogP contribution in [0.15, 0.2) is 47.4 Å². The molecular formula is C21H29N5O6S. The Morgan fingerprint density at radius 3 is 2.48 bits per heavy atom. The van der Waals surface area contributed by atoms with E-state index >= 15 is 0 Å². The molecule has 0 heterocycles. The summed E-state index contributed by atoms with van der Waals surface area (Å²) < 4.78 is 32.8. The molecule has 11 nitrogen and oxygen atoms in total. The van der Waals surface area contributed by atoms with Gasteiger partial charge in [0.1, 0.15) is 11.4 Å². The third-order valence-corrected chi connectivity index (χ3v) is 6.03. The summed E-state index contributed by atoms with van der Waals surface area (Å²) in [5.41, 5.74) is 0.594. The number of nitro benzene ring substituents is 1. The first-order chi connectivity index (χ1) is 15.5. The van der Waals surface area contributed by atoms with Gasteiger partial charge >= 0.3 is 0 Å². The summed E-state index contributed by atoms with van der Waals surface area (Å²) in [4.78, 5) is 25.7. The van der Waals surface area contributed by atoms with Crippen molar-refractivity contribution in [2.75, 3.05) is 53.2 Å². The smallest absolute Gasteiger partial charge is 0.293 e. The predicted octanol–water partition coefficient (Wildman–Crippen LogP) is 1.51. The molecule has 0 bridgehead atoms. The Balaban J connectivity index is 2.11. The summed E-state index contributed by atoms with van der Waals surface area (Å²) in [5.74, 6) is 0.310. The van der Waals surface area contributed by atoms with Crippen molar-refractivity contribution in [3.63, 3.8) is 0 Å². The first-order valence-electron chi connectivity index (χ1n) is 10.1. The number of benzene rings is 2. The highest BCUT2D eigenvalue weighted by atomic mass is 32.2. The largest absolute Gasteiger partial charge is 0.484 e. The van der Waals surface area contributed by atoms with E-state index in [0.29, 0.717) is 12.3 Å².